The van der Waals surface area contributed by atoms with E-state index in [1.807, 2.05) is 0 Å². The van der Waals surface area contributed by atoms with E-state index in [1.165, 1.54) is 12.8 Å². The highest BCUT2D eigenvalue weighted by atomic mass is 35.5. The average molecular weight is 190 g/mol. The molecule has 0 amide bonds. The van der Waals surface area contributed by atoms with Gasteiger partial charge < -0.3 is 0 Å². The molecule has 0 nitrogen and oxygen atoms in total. The molecular weight excluding hydrogens is 178 g/mol. The fraction of sp³-hybridized carbons (Fsp3) is 0.667. The van der Waals surface area contributed by atoms with Crippen LogP contribution in [0.25, 0.3) is 0 Å². The Morgan fingerprint density at radius 3 is 1.44 bits per heavy atom. The van der Waals surface area contributed by atoms with Gasteiger partial charge in [0.2, 0.25) is 0 Å². The Bertz CT molecular complexity index is 62.7. The van der Waals surface area contributed by atoms with Crippen LogP contribution in [0.2, 0.25) is 0 Å². The quantitative estimate of drug-likeness (QED) is 0.577. The Labute approximate surface area is 71.8 Å². The summed E-state index contributed by atoms with van der Waals surface area (Å²) in [6.07, 6.45) is 2.64. The van der Waals surface area contributed by atoms with Crippen LogP contribution in [0.5, 0.6) is 0 Å². The van der Waals surface area contributed by atoms with E-state index < -0.39 is 0 Å². The van der Waals surface area contributed by atoms with Gasteiger partial charge in [0.25, 0.3) is 0 Å². The topological polar surface area (TPSA) is 0 Å². The number of hydrogen-bond acceptors (Lipinski definition) is 0. The summed E-state index contributed by atoms with van der Waals surface area (Å²) < 4.78 is 0.0895. The Morgan fingerprint density at radius 1 is 1.22 bits per heavy atom. The molecule has 0 saturated heterocycles. The second-order valence-electron chi connectivity index (χ2n) is 1.40. The third-order valence-electron chi connectivity index (χ3n) is 0.582. The lowest BCUT2D eigenvalue weighted by molar-refractivity contribution is 0.886. The van der Waals surface area contributed by atoms with Crippen molar-refractivity contribution >= 4 is 34.8 Å². The zero-order valence-corrected chi connectivity index (χ0v) is 7.89. The Hall–Kier alpha value is 0.610. The van der Waals surface area contributed by atoms with Crippen molar-refractivity contribution in [3.05, 3.63) is 10.0 Å². The maximum absolute atomic E-state index is 4.96. The molecule has 0 aliphatic heterocycles. The second kappa shape index (κ2) is 11.4. The van der Waals surface area contributed by atoms with E-state index in [4.69, 9.17) is 34.8 Å². The maximum Gasteiger partial charge on any atom is 0.118 e. The lowest BCUT2D eigenvalue weighted by Gasteiger charge is -1.68. The van der Waals surface area contributed by atoms with Crippen molar-refractivity contribution in [2.45, 2.75) is 26.7 Å². The minimum absolute atomic E-state index is 0.0895. The third kappa shape index (κ3) is 28.9. The molecule has 0 spiro atoms. The molecule has 0 bridgehead atoms. The number of hydrogen-bond donors (Lipinski definition) is 0. The molecule has 0 saturated carbocycles. The van der Waals surface area contributed by atoms with Gasteiger partial charge in [-0.05, 0) is 0 Å². The molecule has 0 aromatic carbocycles. The highest BCUT2D eigenvalue weighted by molar-refractivity contribution is 6.58. The van der Waals surface area contributed by atoms with Gasteiger partial charge >= 0.3 is 0 Å². The van der Waals surface area contributed by atoms with Gasteiger partial charge in [-0.15, -0.1) is 0 Å². The van der Waals surface area contributed by atoms with E-state index in [-0.39, 0.29) is 4.49 Å². The van der Waals surface area contributed by atoms with Gasteiger partial charge in [0, 0.05) is 5.54 Å². The first kappa shape index (κ1) is 12.3. The molecule has 0 atom stereocenters. The van der Waals surface area contributed by atoms with Crippen molar-refractivity contribution in [2.24, 2.45) is 0 Å². The molecular formula is C6H11Cl3. The molecule has 9 heavy (non-hydrogen) atoms. The molecule has 0 unspecified atom stereocenters. The molecule has 0 aliphatic rings. The van der Waals surface area contributed by atoms with E-state index in [9.17, 15) is 0 Å². The summed E-state index contributed by atoms with van der Waals surface area (Å²) in [5, 5.41) is 0. The zero-order valence-electron chi connectivity index (χ0n) is 5.63. The molecule has 56 valence electrons. The molecule has 0 aromatic heterocycles. The van der Waals surface area contributed by atoms with Gasteiger partial charge in [0.05, 0.1) is 0 Å². The zero-order chi connectivity index (χ0) is 7.70. The van der Waals surface area contributed by atoms with Crippen LogP contribution < -0.4 is 0 Å². The van der Waals surface area contributed by atoms with Gasteiger partial charge in [-0.1, -0.05) is 61.5 Å². The van der Waals surface area contributed by atoms with Crippen molar-refractivity contribution < 1.29 is 0 Å². The monoisotopic (exact) mass is 188 g/mol. The van der Waals surface area contributed by atoms with Crippen molar-refractivity contribution in [3.8, 4) is 0 Å². The predicted molar refractivity (Wildman–Crippen MR) is 46.2 cm³/mol. The van der Waals surface area contributed by atoms with Gasteiger partial charge in [0.1, 0.15) is 4.49 Å². The Balaban J connectivity index is 0. The fourth-order valence-electron chi connectivity index (χ4n) is 0. The third-order valence-corrected chi connectivity index (χ3v) is 1.24. The van der Waals surface area contributed by atoms with Gasteiger partial charge in [0.15, 0.2) is 0 Å². The Kier molecular flexibility index (Phi) is 15.6. The second-order valence-corrected chi connectivity index (χ2v) is 2.62. The molecule has 3 heteroatoms. The molecule has 0 radical (unpaired) electrons. The highest BCUT2D eigenvalue weighted by Crippen LogP contribution is 2.05. The van der Waals surface area contributed by atoms with Crippen molar-refractivity contribution in [3.63, 3.8) is 0 Å². The van der Waals surface area contributed by atoms with Crippen LogP contribution in [0.1, 0.15) is 26.7 Å². The first-order valence-corrected chi connectivity index (χ1v) is 3.99. The molecule has 0 aliphatic carbocycles. The lowest BCUT2D eigenvalue weighted by atomic mass is 10.4. The minimum Gasteiger partial charge on any atom is -0.0904 e. The van der Waals surface area contributed by atoms with E-state index in [2.05, 4.69) is 13.8 Å². The summed E-state index contributed by atoms with van der Waals surface area (Å²) in [6, 6.07) is 0. The summed E-state index contributed by atoms with van der Waals surface area (Å²) in [4.78, 5) is 0. The average Bonchev–Trinajstić information content (AvgIpc) is 1.89. The highest BCUT2D eigenvalue weighted by Gasteiger charge is 1.70. The van der Waals surface area contributed by atoms with Gasteiger partial charge in [-0.3, -0.25) is 0 Å². The summed E-state index contributed by atoms with van der Waals surface area (Å²) in [5.74, 6) is 0. The molecule has 0 rings (SSSR count). The van der Waals surface area contributed by atoms with Crippen LogP contribution in [-0.4, -0.2) is 0 Å². The van der Waals surface area contributed by atoms with Crippen LogP contribution in [0.3, 0.4) is 0 Å². The van der Waals surface area contributed by atoms with Gasteiger partial charge in [-0.25, -0.2) is 0 Å². The molecule has 0 heterocycles. The Morgan fingerprint density at radius 2 is 1.44 bits per heavy atom. The summed E-state index contributed by atoms with van der Waals surface area (Å²) in [7, 11) is 0. The summed E-state index contributed by atoms with van der Waals surface area (Å²) >= 11 is 14.8. The SMILES string of the molecule is CCCC.ClC=C(Cl)Cl. The fourth-order valence-corrected chi connectivity index (χ4v) is 0. The number of halogens is 3. The largest absolute Gasteiger partial charge is 0.118 e. The predicted octanol–water partition coefficient (Wildman–Crippen LogP) is 4.31. The standard InChI is InChI=1S/C4H10.C2HCl3/c1-3-4-2;3-1-2(4)5/h3-4H2,1-2H3;1H. The number of unbranched alkanes of at least 4 members (excludes halogenated alkanes) is 1. The minimum atomic E-state index is 0.0895. The van der Waals surface area contributed by atoms with Crippen molar-refractivity contribution in [1.29, 1.82) is 0 Å². The van der Waals surface area contributed by atoms with Crippen LogP contribution in [0, 0.1) is 0 Å². The maximum atomic E-state index is 4.96. The van der Waals surface area contributed by atoms with Crippen molar-refractivity contribution in [1.82, 2.24) is 0 Å². The van der Waals surface area contributed by atoms with Crippen molar-refractivity contribution in [2.75, 3.05) is 0 Å². The smallest absolute Gasteiger partial charge is 0.0904 e. The summed E-state index contributed by atoms with van der Waals surface area (Å²) in [5.41, 5.74) is 1.09. The van der Waals surface area contributed by atoms with Gasteiger partial charge in [-0.2, -0.15) is 0 Å². The molecule has 0 aromatic rings. The van der Waals surface area contributed by atoms with Crippen LogP contribution >= 0.6 is 34.8 Å². The van der Waals surface area contributed by atoms with Crippen LogP contribution in [0.4, 0.5) is 0 Å². The molecule has 0 N–H and O–H groups in total. The van der Waals surface area contributed by atoms with E-state index >= 15 is 0 Å². The van der Waals surface area contributed by atoms with E-state index in [1.54, 1.807) is 0 Å². The van der Waals surface area contributed by atoms with Crippen LogP contribution in [-0.2, 0) is 0 Å². The first-order chi connectivity index (χ1) is 4.18. The molecule has 0 fully saturated rings. The summed E-state index contributed by atoms with van der Waals surface area (Å²) in [6.45, 7) is 4.36. The number of rotatable bonds is 1. The lowest BCUT2D eigenvalue weighted by Crippen LogP contribution is -1.47. The van der Waals surface area contributed by atoms with E-state index in [0.717, 1.165) is 5.54 Å². The van der Waals surface area contributed by atoms with Crippen LogP contribution in [0.15, 0.2) is 10.0 Å². The first-order valence-electron chi connectivity index (χ1n) is 2.80. The van der Waals surface area contributed by atoms with E-state index in [0.29, 0.717) is 0 Å². The normalized spacial score (nSPS) is 7.22.